The molecule has 1 aromatic carbocycles. The Morgan fingerprint density at radius 2 is 1.86 bits per heavy atom. The van der Waals surface area contributed by atoms with Crippen LogP contribution < -0.4 is 10.1 Å². The van der Waals surface area contributed by atoms with Crippen molar-refractivity contribution >= 4 is 11.8 Å². The second-order valence-corrected chi connectivity index (χ2v) is 6.27. The summed E-state index contributed by atoms with van der Waals surface area (Å²) in [6, 6.07) is 4.51. The smallest absolute Gasteiger partial charge is 0.443 e. The number of aromatic nitrogens is 1. The third kappa shape index (κ3) is 4.81. The second-order valence-electron chi connectivity index (χ2n) is 6.27. The molecule has 1 aliphatic heterocycles. The van der Waals surface area contributed by atoms with Crippen molar-refractivity contribution in [3.05, 3.63) is 47.2 Å². The first kappa shape index (κ1) is 19.7. The van der Waals surface area contributed by atoms with E-state index in [1.807, 2.05) is 0 Å². The number of likely N-dealkylation sites (tertiary alicyclic amines) is 1. The third-order valence-corrected chi connectivity index (χ3v) is 4.19. The predicted molar refractivity (Wildman–Crippen MR) is 90.7 cm³/mol. The van der Waals surface area contributed by atoms with Gasteiger partial charge in [0.1, 0.15) is 11.5 Å². The van der Waals surface area contributed by atoms with Crippen LogP contribution in [-0.2, 0) is 6.54 Å². The fourth-order valence-corrected chi connectivity index (χ4v) is 2.86. The molecule has 0 bridgehead atoms. The van der Waals surface area contributed by atoms with E-state index in [0.717, 1.165) is 25.0 Å². The molecule has 28 heavy (non-hydrogen) atoms. The lowest BCUT2D eigenvalue weighted by Crippen LogP contribution is -2.28. The number of nitrogens with one attached hydrogen (secondary N) is 1. The number of alkyl halides is 3. The quantitative estimate of drug-likeness (QED) is 0.838. The minimum atomic E-state index is -4.79. The molecular formula is C18H18F3N3O4. The lowest BCUT2D eigenvalue weighted by atomic mass is 10.2. The standard InChI is InChI=1S/C18H18F3N3O4/c1-11-15(17(26)24-8-2-3-9-24)23-14(27-11)10-22-16(25)12-4-6-13(7-5-12)28-18(19,20)21/h4-7H,2-3,8-10H2,1H3,(H,22,25). The molecule has 2 amide bonds. The molecule has 1 N–H and O–H groups in total. The van der Waals surface area contributed by atoms with Crippen molar-refractivity contribution in [3.8, 4) is 5.75 Å². The zero-order valence-corrected chi connectivity index (χ0v) is 15.0. The average Bonchev–Trinajstić information content (AvgIpc) is 3.28. The minimum absolute atomic E-state index is 0.0618. The number of nitrogens with zero attached hydrogens (tertiary/aromatic N) is 2. The topological polar surface area (TPSA) is 84.7 Å². The van der Waals surface area contributed by atoms with Crippen LogP contribution in [0.3, 0.4) is 0 Å². The van der Waals surface area contributed by atoms with Gasteiger partial charge in [-0.3, -0.25) is 9.59 Å². The summed E-state index contributed by atoms with van der Waals surface area (Å²) in [5.74, 6) is -0.601. The van der Waals surface area contributed by atoms with Crippen molar-refractivity contribution < 1.29 is 31.9 Å². The summed E-state index contributed by atoms with van der Waals surface area (Å²) in [6.45, 7) is 2.94. The highest BCUT2D eigenvalue weighted by atomic mass is 19.4. The maximum atomic E-state index is 12.4. The van der Waals surface area contributed by atoms with Crippen molar-refractivity contribution in [1.82, 2.24) is 15.2 Å². The van der Waals surface area contributed by atoms with Gasteiger partial charge in [0.2, 0.25) is 5.89 Å². The Hall–Kier alpha value is -3.04. The molecule has 0 saturated carbocycles. The molecule has 1 saturated heterocycles. The Balaban J connectivity index is 1.59. The molecule has 3 rings (SSSR count). The molecular weight excluding hydrogens is 379 g/mol. The van der Waals surface area contributed by atoms with Gasteiger partial charge in [0.15, 0.2) is 5.69 Å². The molecule has 150 valence electrons. The van der Waals surface area contributed by atoms with Crippen LogP contribution in [0.4, 0.5) is 13.2 Å². The number of carbonyl (C=O) groups is 2. The van der Waals surface area contributed by atoms with E-state index in [2.05, 4.69) is 15.0 Å². The van der Waals surface area contributed by atoms with Gasteiger partial charge in [0.05, 0.1) is 6.54 Å². The summed E-state index contributed by atoms with van der Waals surface area (Å²) < 4.78 is 45.7. The van der Waals surface area contributed by atoms with Crippen molar-refractivity contribution in [2.75, 3.05) is 13.1 Å². The maximum Gasteiger partial charge on any atom is 0.573 e. The summed E-state index contributed by atoms with van der Waals surface area (Å²) in [5.41, 5.74) is 0.367. The van der Waals surface area contributed by atoms with Crippen molar-refractivity contribution in [1.29, 1.82) is 0 Å². The van der Waals surface area contributed by atoms with E-state index in [0.29, 0.717) is 18.8 Å². The van der Waals surface area contributed by atoms with Crippen LogP contribution in [0, 0.1) is 6.92 Å². The highest BCUT2D eigenvalue weighted by molar-refractivity contribution is 5.94. The number of halogens is 3. The van der Waals surface area contributed by atoms with E-state index in [9.17, 15) is 22.8 Å². The van der Waals surface area contributed by atoms with Crippen LogP contribution in [0.5, 0.6) is 5.75 Å². The Morgan fingerprint density at radius 3 is 2.46 bits per heavy atom. The van der Waals surface area contributed by atoms with Crippen LogP contribution in [0.25, 0.3) is 0 Å². The number of benzene rings is 1. The molecule has 1 aromatic heterocycles. The summed E-state index contributed by atoms with van der Waals surface area (Å²) in [7, 11) is 0. The number of amides is 2. The molecule has 1 fully saturated rings. The monoisotopic (exact) mass is 397 g/mol. The molecule has 7 nitrogen and oxygen atoms in total. The molecule has 0 radical (unpaired) electrons. The number of carbonyl (C=O) groups excluding carboxylic acids is 2. The van der Waals surface area contributed by atoms with Gasteiger partial charge in [-0.2, -0.15) is 0 Å². The first-order chi connectivity index (χ1) is 13.2. The molecule has 0 atom stereocenters. The largest absolute Gasteiger partial charge is 0.573 e. The van der Waals surface area contributed by atoms with Crippen molar-refractivity contribution in [2.24, 2.45) is 0 Å². The Kier molecular flexibility index (Phi) is 5.57. The summed E-state index contributed by atoms with van der Waals surface area (Å²) >= 11 is 0. The van der Waals surface area contributed by atoms with Gasteiger partial charge in [-0.25, -0.2) is 4.98 Å². The van der Waals surface area contributed by atoms with Crippen LogP contribution >= 0.6 is 0 Å². The molecule has 0 unspecified atom stereocenters. The Bertz CT molecular complexity index is 856. The van der Waals surface area contributed by atoms with Gasteiger partial charge in [-0.05, 0) is 44.0 Å². The van der Waals surface area contributed by atoms with Crippen molar-refractivity contribution in [3.63, 3.8) is 0 Å². The maximum absolute atomic E-state index is 12.4. The zero-order chi connectivity index (χ0) is 20.3. The number of hydrogen-bond acceptors (Lipinski definition) is 5. The van der Waals surface area contributed by atoms with E-state index in [4.69, 9.17) is 4.42 Å². The lowest BCUT2D eigenvalue weighted by Gasteiger charge is -2.13. The molecule has 0 aliphatic carbocycles. The lowest BCUT2D eigenvalue weighted by molar-refractivity contribution is -0.274. The van der Waals surface area contributed by atoms with E-state index in [-0.39, 0.29) is 29.6 Å². The Labute approximate surface area is 158 Å². The number of rotatable bonds is 5. The van der Waals surface area contributed by atoms with Crippen molar-refractivity contribution in [2.45, 2.75) is 32.7 Å². The van der Waals surface area contributed by atoms with Gasteiger partial charge in [-0.1, -0.05) is 0 Å². The molecule has 2 heterocycles. The van der Waals surface area contributed by atoms with E-state index in [1.54, 1.807) is 11.8 Å². The Morgan fingerprint density at radius 1 is 1.21 bits per heavy atom. The predicted octanol–water partition coefficient (Wildman–Crippen LogP) is 3.05. The van der Waals surface area contributed by atoms with E-state index in [1.165, 1.54) is 12.1 Å². The fourth-order valence-electron chi connectivity index (χ4n) is 2.86. The van der Waals surface area contributed by atoms with Crippen LogP contribution in [0.15, 0.2) is 28.7 Å². The first-order valence-corrected chi connectivity index (χ1v) is 8.62. The highest BCUT2D eigenvalue weighted by Crippen LogP contribution is 2.23. The number of aryl methyl sites for hydroxylation is 1. The molecule has 2 aromatic rings. The highest BCUT2D eigenvalue weighted by Gasteiger charge is 2.31. The first-order valence-electron chi connectivity index (χ1n) is 8.62. The molecule has 1 aliphatic rings. The normalized spacial score (nSPS) is 14.2. The number of ether oxygens (including phenoxy) is 1. The summed E-state index contributed by atoms with van der Waals surface area (Å²) in [4.78, 5) is 30.4. The van der Waals surface area contributed by atoms with Crippen LogP contribution in [-0.4, -0.2) is 41.2 Å². The van der Waals surface area contributed by atoms with Crippen LogP contribution in [0.1, 0.15) is 45.3 Å². The van der Waals surface area contributed by atoms with Gasteiger partial charge in [0, 0.05) is 18.7 Å². The molecule has 0 spiro atoms. The van der Waals surface area contributed by atoms with E-state index >= 15 is 0 Å². The fraction of sp³-hybridized carbons (Fsp3) is 0.389. The minimum Gasteiger partial charge on any atom is -0.443 e. The third-order valence-electron chi connectivity index (χ3n) is 4.19. The zero-order valence-electron chi connectivity index (χ0n) is 15.0. The average molecular weight is 397 g/mol. The SMILES string of the molecule is Cc1oc(CNC(=O)c2ccc(OC(F)(F)F)cc2)nc1C(=O)N1CCCC1. The van der Waals surface area contributed by atoms with Gasteiger partial charge in [0.25, 0.3) is 11.8 Å². The van der Waals surface area contributed by atoms with Crippen LogP contribution in [0.2, 0.25) is 0 Å². The number of hydrogen-bond donors (Lipinski definition) is 1. The van der Waals surface area contributed by atoms with Gasteiger partial charge >= 0.3 is 6.36 Å². The summed E-state index contributed by atoms with van der Waals surface area (Å²) in [6.07, 6.45) is -2.88. The summed E-state index contributed by atoms with van der Waals surface area (Å²) in [5, 5.41) is 2.55. The van der Waals surface area contributed by atoms with Gasteiger partial charge < -0.3 is 19.4 Å². The molecule has 10 heteroatoms. The van der Waals surface area contributed by atoms with Gasteiger partial charge in [-0.15, -0.1) is 13.2 Å². The second kappa shape index (κ2) is 7.91. The number of oxazole rings is 1. The van der Waals surface area contributed by atoms with E-state index < -0.39 is 18.0 Å².